The highest BCUT2D eigenvalue weighted by Crippen LogP contribution is 2.50. The summed E-state index contributed by atoms with van der Waals surface area (Å²) >= 11 is 1.71. The molecule has 0 aliphatic heterocycles. The predicted molar refractivity (Wildman–Crippen MR) is 56.4 cm³/mol. The Kier molecular flexibility index (Phi) is 1.71. The molecule has 0 unspecified atom stereocenters. The second kappa shape index (κ2) is 2.83. The third-order valence-electron chi connectivity index (χ3n) is 3.09. The van der Waals surface area contributed by atoms with Gasteiger partial charge in [0.25, 0.3) is 0 Å². The van der Waals surface area contributed by atoms with Crippen molar-refractivity contribution >= 4 is 17.2 Å². The first-order valence-electron chi connectivity index (χ1n) is 5.16. The average molecular weight is 207 g/mol. The molecular formula is C11H13NOS. The standard InChI is InChI=1S/C11H13NOS/c13-10(12-8-3-4-8)11(5-6-11)9-2-1-7-14-9/h1-2,7-8H,3-6H2,(H,12,13). The first kappa shape index (κ1) is 8.48. The van der Waals surface area contributed by atoms with Gasteiger partial charge in [-0.25, -0.2) is 0 Å². The molecule has 2 aliphatic carbocycles. The van der Waals surface area contributed by atoms with E-state index in [0.29, 0.717) is 6.04 Å². The Bertz CT molecular complexity index is 349. The van der Waals surface area contributed by atoms with Crippen LogP contribution in [0.25, 0.3) is 0 Å². The maximum atomic E-state index is 12.0. The van der Waals surface area contributed by atoms with Crippen molar-refractivity contribution in [1.29, 1.82) is 0 Å². The van der Waals surface area contributed by atoms with Crippen LogP contribution in [0.2, 0.25) is 0 Å². The van der Waals surface area contributed by atoms with Gasteiger partial charge in [-0.15, -0.1) is 11.3 Å². The summed E-state index contributed by atoms with van der Waals surface area (Å²) in [4.78, 5) is 13.2. The number of rotatable bonds is 3. The maximum absolute atomic E-state index is 12.0. The molecule has 2 saturated carbocycles. The van der Waals surface area contributed by atoms with Gasteiger partial charge in [-0.3, -0.25) is 4.79 Å². The summed E-state index contributed by atoms with van der Waals surface area (Å²) < 4.78 is 0. The summed E-state index contributed by atoms with van der Waals surface area (Å²) in [5.74, 6) is 0.266. The van der Waals surface area contributed by atoms with Gasteiger partial charge >= 0.3 is 0 Å². The SMILES string of the molecule is O=C(NC1CC1)C1(c2cccs2)CC1. The van der Waals surface area contributed by atoms with E-state index in [0.717, 1.165) is 12.8 Å². The van der Waals surface area contributed by atoms with Gasteiger partial charge in [0.1, 0.15) is 0 Å². The first-order chi connectivity index (χ1) is 6.81. The number of hydrogen-bond donors (Lipinski definition) is 1. The van der Waals surface area contributed by atoms with E-state index in [1.165, 1.54) is 17.7 Å². The molecule has 3 rings (SSSR count). The zero-order chi connectivity index (χ0) is 9.60. The lowest BCUT2D eigenvalue weighted by molar-refractivity contribution is -0.123. The number of thiophene rings is 1. The van der Waals surface area contributed by atoms with Crippen molar-refractivity contribution < 1.29 is 4.79 Å². The molecule has 0 bridgehead atoms. The van der Waals surface area contributed by atoms with Crippen molar-refractivity contribution in [3.63, 3.8) is 0 Å². The minimum Gasteiger partial charge on any atom is -0.353 e. The monoisotopic (exact) mass is 207 g/mol. The molecule has 2 nitrogen and oxygen atoms in total. The third kappa shape index (κ3) is 1.27. The molecule has 2 aliphatic rings. The van der Waals surface area contributed by atoms with E-state index in [4.69, 9.17) is 0 Å². The van der Waals surface area contributed by atoms with E-state index >= 15 is 0 Å². The number of nitrogens with one attached hydrogen (secondary N) is 1. The molecule has 1 amide bonds. The lowest BCUT2D eigenvalue weighted by Crippen LogP contribution is -2.35. The van der Waals surface area contributed by atoms with Crippen molar-refractivity contribution in [2.45, 2.75) is 37.1 Å². The molecular weight excluding hydrogens is 194 g/mol. The maximum Gasteiger partial charge on any atom is 0.231 e. The van der Waals surface area contributed by atoms with E-state index in [1.807, 2.05) is 6.07 Å². The van der Waals surface area contributed by atoms with Gasteiger partial charge in [0.05, 0.1) is 5.41 Å². The molecule has 0 atom stereocenters. The Morgan fingerprint density at radius 3 is 2.79 bits per heavy atom. The van der Waals surface area contributed by atoms with E-state index < -0.39 is 0 Å². The zero-order valence-corrected chi connectivity index (χ0v) is 8.77. The van der Waals surface area contributed by atoms with Crippen molar-refractivity contribution in [3.8, 4) is 0 Å². The van der Waals surface area contributed by atoms with Gasteiger partial charge in [0.2, 0.25) is 5.91 Å². The Morgan fingerprint density at radius 2 is 2.29 bits per heavy atom. The molecule has 3 heteroatoms. The highest BCUT2D eigenvalue weighted by Gasteiger charge is 2.52. The Morgan fingerprint density at radius 1 is 1.50 bits per heavy atom. The molecule has 0 radical (unpaired) electrons. The molecule has 0 aromatic carbocycles. The quantitative estimate of drug-likeness (QED) is 0.807. The molecule has 0 spiro atoms. The van der Waals surface area contributed by atoms with Crippen LogP contribution in [0.1, 0.15) is 30.6 Å². The summed E-state index contributed by atoms with van der Waals surface area (Å²) in [5.41, 5.74) is -0.128. The first-order valence-corrected chi connectivity index (χ1v) is 6.04. The van der Waals surface area contributed by atoms with Crippen molar-refractivity contribution in [1.82, 2.24) is 5.32 Å². The number of carbonyl (C=O) groups excluding carboxylic acids is 1. The van der Waals surface area contributed by atoms with E-state index in [9.17, 15) is 4.79 Å². The van der Waals surface area contributed by atoms with Crippen LogP contribution in [0.15, 0.2) is 17.5 Å². The van der Waals surface area contributed by atoms with Gasteiger partial charge in [-0.1, -0.05) is 6.07 Å². The Hall–Kier alpha value is -0.830. The van der Waals surface area contributed by atoms with Crippen LogP contribution in [-0.4, -0.2) is 11.9 Å². The smallest absolute Gasteiger partial charge is 0.231 e. The van der Waals surface area contributed by atoms with Gasteiger partial charge in [-0.05, 0) is 37.1 Å². The van der Waals surface area contributed by atoms with Gasteiger partial charge in [-0.2, -0.15) is 0 Å². The van der Waals surface area contributed by atoms with Crippen LogP contribution in [0.4, 0.5) is 0 Å². The fraction of sp³-hybridized carbons (Fsp3) is 0.545. The second-order valence-electron chi connectivity index (χ2n) is 4.31. The van der Waals surface area contributed by atoms with Crippen LogP contribution < -0.4 is 5.32 Å². The van der Waals surface area contributed by atoms with Gasteiger partial charge < -0.3 is 5.32 Å². The Balaban J connectivity index is 1.79. The highest BCUT2D eigenvalue weighted by atomic mass is 32.1. The van der Waals surface area contributed by atoms with Gasteiger partial charge in [0.15, 0.2) is 0 Å². The van der Waals surface area contributed by atoms with E-state index in [2.05, 4.69) is 16.8 Å². The fourth-order valence-corrected chi connectivity index (χ4v) is 2.80. The van der Waals surface area contributed by atoms with Crippen molar-refractivity contribution in [2.75, 3.05) is 0 Å². The van der Waals surface area contributed by atoms with Crippen LogP contribution in [0.3, 0.4) is 0 Å². The molecule has 1 heterocycles. The lowest BCUT2D eigenvalue weighted by Gasteiger charge is -2.12. The number of amides is 1. The van der Waals surface area contributed by atoms with Crippen LogP contribution in [-0.2, 0) is 10.2 Å². The predicted octanol–water partition coefficient (Wildman–Crippen LogP) is 2.06. The fourth-order valence-electron chi connectivity index (χ4n) is 1.81. The van der Waals surface area contributed by atoms with E-state index in [-0.39, 0.29) is 11.3 Å². The molecule has 1 aromatic rings. The highest BCUT2D eigenvalue weighted by molar-refractivity contribution is 7.10. The number of carbonyl (C=O) groups is 1. The second-order valence-corrected chi connectivity index (χ2v) is 5.25. The lowest BCUT2D eigenvalue weighted by atomic mass is 10.0. The van der Waals surface area contributed by atoms with Crippen LogP contribution >= 0.6 is 11.3 Å². The summed E-state index contributed by atoms with van der Waals surface area (Å²) in [6.45, 7) is 0. The molecule has 0 saturated heterocycles. The molecule has 1 aromatic heterocycles. The zero-order valence-electron chi connectivity index (χ0n) is 7.95. The molecule has 74 valence electrons. The minimum absolute atomic E-state index is 0.128. The minimum atomic E-state index is -0.128. The van der Waals surface area contributed by atoms with Gasteiger partial charge in [0, 0.05) is 10.9 Å². The normalized spacial score (nSPS) is 23.1. The van der Waals surface area contributed by atoms with Crippen LogP contribution in [0, 0.1) is 0 Å². The van der Waals surface area contributed by atoms with Crippen molar-refractivity contribution in [3.05, 3.63) is 22.4 Å². The largest absolute Gasteiger partial charge is 0.353 e. The summed E-state index contributed by atoms with van der Waals surface area (Å²) in [5, 5.41) is 5.17. The molecule has 2 fully saturated rings. The van der Waals surface area contributed by atoms with E-state index in [1.54, 1.807) is 11.3 Å². The summed E-state index contributed by atoms with van der Waals surface area (Å²) in [6, 6.07) is 4.61. The topological polar surface area (TPSA) is 29.1 Å². The molecule has 1 N–H and O–H groups in total. The summed E-state index contributed by atoms with van der Waals surface area (Å²) in [6.07, 6.45) is 4.41. The number of hydrogen-bond acceptors (Lipinski definition) is 2. The van der Waals surface area contributed by atoms with Crippen LogP contribution in [0.5, 0.6) is 0 Å². The van der Waals surface area contributed by atoms with Crippen molar-refractivity contribution in [2.24, 2.45) is 0 Å². The third-order valence-corrected chi connectivity index (χ3v) is 4.16. The molecule has 14 heavy (non-hydrogen) atoms. The summed E-state index contributed by atoms with van der Waals surface area (Å²) in [7, 11) is 0. The Labute approximate surface area is 87.3 Å². The average Bonchev–Trinajstić information content (AvgIpc) is 3.09.